The molecule has 0 aliphatic carbocycles. The van der Waals surface area contributed by atoms with Crippen molar-refractivity contribution in [2.24, 2.45) is 0 Å². The molecule has 1 aromatic rings. The van der Waals surface area contributed by atoms with E-state index in [4.69, 9.17) is 4.74 Å². The molecule has 3 nitrogen and oxygen atoms in total. The minimum Gasteiger partial charge on any atom is -0.378 e. The predicted molar refractivity (Wildman–Crippen MR) is 62.0 cm³/mol. The van der Waals surface area contributed by atoms with Crippen molar-refractivity contribution in [3.63, 3.8) is 0 Å². The van der Waals surface area contributed by atoms with Gasteiger partial charge in [0.25, 0.3) is 0 Å². The Morgan fingerprint density at radius 1 is 1.67 bits per heavy atom. The van der Waals surface area contributed by atoms with Gasteiger partial charge >= 0.3 is 0 Å². The number of hydrogen-bond acceptors (Lipinski definition) is 4. The van der Waals surface area contributed by atoms with Crippen LogP contribution in [-0.2, 0) is 11.3 Å². The molecule has 2 unspecified atom stereocenters. The summed E-state index contributed by atoms with van der Waals surface area (Å²) in [5, 5.41) is 6.76. The van der Waals surface area contributed by atoms with E-state index in [0.29, 0.717) is 12.1 Å². The maximum Gasteiger partial charge on any atom is 0.106 e. The van der Waals surface area contributed by atoms with Crippen molar-refractivity contribution in [2.45, 2.75) is 44.9 Å². The van der Waals surface area contributed by atoms with Gasteiger partial charge in [-0.05, 0) is 19.3 Å². The lowest BCUT2D eigenvalue weighted by Gasteiger charge is -2.29. The molecule has 1 aromatic heterocycles. The van der Waals surface area contributed by atoms with Gasteiger partial charge in [-0.2, -0.15) is 0 Å². The van der Waals surface area contributed by atoms with E-state index in [0.717, 1.165) is 32.4 Å². The summed E-state index contributed by atoms with van der Waals surface area (Å²) in [4.78, 5) is 4.26. The van der Waals surface area contributed by atoms with Gasteiger partial charge in [0.1, 0.15) is 5.01 Å². The lowest BCUT2D eigenvalue weighted by atomic mass is 10.0. The fourth-order valence-corrected chi connectivity index (χ4v) is 2.49. The highest BCUT2D eigenvalue weighted by Crippen LogP contribution is 2.16. The zero-order valence-electron chi connectivity index (χ0n) is 9.11. The smallest absolute Gasteiger partial charge is 0.106 e. The van der Waals surface area contributed by atoms with Gasteiger partial charge in [-0.25, -0.2) is 4.98 Å². The van der Waals surface area contributed by atoms with Crippen LogP contribution in [0.1, 0.15) is 31.2 Å². The second-order valence-electron chi connectivity index (χ2n) is 3.93. The molecule has 1 saturated heterocycles. The Balaban J connectivity index is 1.74. The molecular formula is C11H18N2OS. The lowest BCUT2D eigenvalue weighted by Crippen LogP contribution is -2.38. The van der Waals surface area contributed by atoms with Gasteiger partial charge in [-0.1, -0.05) is 6.92 Å². The van der Waals surface area contributed by atoms with Crippen molar-refractivity contribution in [3.05, 3.63) is 16.6 Å². The molecule has 0 bridgehead atoms. The van der Waals surface area contributed by atoms with Crippen LogP contribution in [0.5, 0.6) is 0 Å². The first-order valence-corrected chi connectivity index (χ1v) is 6.49. The molecule has 0 spiro atoms. The molecule has 15 heavy (non-hydrogen) atoms. The Labute approximate surface area is 94.9 Å². The highest BCUT2D eigenvalue weighted by Gasteiger charge is 2.20. The van der Waals surface area contributed by atoms with Crippen molar-refractivity contribution in [2.75, 3.05) is 6.61 Å². The minimum absolute atomic E-state index is 0.451. The molecule has 4 heteroatoms. The van der Waals surface area contributed by atoms with Crippen LogP contribution < -0.4 is 5.32 Å². The number of nitrogens with zero attached hydrogens (tertiary/aromatic N) is 1. The lowest BCUT2D eigenvalue weighted by molar-refractivity contribution is -0.000320. The zero-order valence-corrected chi connectivity index (χ0v) is 9.93. The van der Waals surface area contributed by atoms with Gasteiger partial charge in [0.05, 0.1) is 6.10 Å². The number of aromatic nitrogens is 1. The van der Waals surface area contributed by atoms with E-state index < -0.39 is 0 Å². The summed E-state index contributed by atoms with van der Waals surface area (Å²) in [6, 6.07) is 0.604. The third kappa shape index (κ3) is 3.26. The third-order valence-electron chi connectivity index (χ3n) is 2.85. The van der Waals surface area contributed by atoms with Crippen LogP contribution >= 0.6 is 11.3 Å². The van der Waals surface area contributed by atoms with Crippen LogP contribution in [0.15, 0.2) is 11.6 Å². The Morgan fingerprint density at radius 2 is 2.60 bits per heavy atom. The average Bonchev–Trinajstić information content (AvgIpc) is 2.79. The van der Waals surface area contributed by atoms with Crippen LogP contribution in [0.2, 0.25) is 0 Å². The van der Waals surface area contributed by atoms with Gasteiger partial charge in [-0.3, -0.25) is 0 Å². The standard InChI is InChI=1S/C11H18N2OS/c1-2-10-7-9(3-5-14-10)13-8-11-12-4-6-15-11/h4,6,9-10,13H,2-3,5,7-8H2,1H3. The van der Waals surface area contributed by atoms with Crippen LogP contribution in [0.3, 0.4) is 0 Å². The fraction of sp³-hybridized carbons (Fsp3) is 0.727. The summed E-state index contributed by atoms with van der Waals surface area (Å²) < 4.78 is 5.64. The van der Waals surface area contributed by atoms with Crippen LogP contribution in [0, 0.1) is 0 Å². The van der Waals surface area contributed by atoms with E-state index in [9.17, 15) is 0 Å². The molecular weight excluding hydrogens is 208 g/mol. The molecule has 1 aliphatic heterocycles. The Hall–Kier alpha value is -0.450. The number of thiazole rings is 1. The maximum atomic E-state index is 5.64. The molecule has 84 valence electrons. The maximum absolute atomic E-state index is 5.64. The molecule has 1 N–H and O–H groups in total. The average molecular weight is 226 g/mol. The largest absolute Gasteiger partial charge is 0.378 e. The zero-order chi connectivity index (χ0) is 10.5. The first-order chi connectivity index (χ1) is 7.38. The van der Waals surface area contributed by atoms with Gasteiger partial charge < -0.3 is 10.1 Å². The first-order valence-electron chi connectivity index (χ1n) is 5.62. The van der Waals surface area contributed by atoms with E-state index in [-0.39, 0.29) is 0 Å². The van der Waals surface area contributed by atoms with Crippen molar-refractivity contribution in [1.82, 2.24) is 10.3 Å². The number of rotatable bonds is 4. The molecule has 2 atom stereocenters. The van der Waals surface area contributed by atoms with E-state index in [1.807, 2.05) is 11.6 Å². The molecule has 0 radical (unpaired) electrons. The molecule has 0 amide bonds. The van der Waals surface area contributed by atoms with E-state index in [2.05, 4.69) is 17.2 Å². The Morgan fingerprint density at radius 3 is 3.33 bits per heavy atom. The van der Waals surface area contributed by atoms with Crippen molar-refractivity contribution in [1.29, 1.82) is 0 Å². The Kier molecular flexibility index (Phi) is 4.11. The highest BCUT2D eigenvalue weighted by atomic mass is 32.1. The summed E-state index contributed by atoms with van der Waals surface area (Å²) in [5.41, 5.74) is 0. The van der Waals surface area contributed by atoms with Crippen LogP contribution in [0.25, 0.3) is 0 Å². The second kappa shape index (κ2) is 5.58. The predicted octanol–water partition coefficient (Wildman–Crippen LogP) is 2.19. The number of nitrogens with one attached hydrogen (secondary N) is 1. The molecule has 0 saturated carbocycles. The minimum atomic E-state index is 0.451. The molecule has 1 fully saturated rings. The topological polar surface area (TPSA) is 34.2 Å². The fourth-order valence-electron chi connectivity index (χ4n) is 1.92. The SMILES string of the molecule is CCC1CC(NCc2nccs2)CCO1. The summed E-state index contributed by atoms with van der Waals surface area (Å²) in [7, 11) is 0. The van der Waals surface area contributed by atoms with E-state index in [1.165, 1.54) is 5.01 Å². The number of hydrogen-bond donors (Lipinski definition) is 1. The van der Waals surface area contributed by atoms with E-state index >= 15 is 0 Å². The summed E-state index contributed by atoms with van der Waals surface area (Å²) in [6.45, 7) is 3.99. The van der Waals surface area contributed by atoms with Gasteiger partial charge in [0, 0.05) is 30.8 Å². The summed E-state index contributed by atoms with van der Waals surface area (Å²) in [6.07, 6.45) is 5.70. The highest BCUT2D eigenvalue weighted by molar-refractivity contribution is 7.09. The second-order valence-corrected chi connectivity index (χ2v) is 4.91. The summed E-state index contributed by atoms with van der Waals surface area (Å²) >= 11 is 1.71. The van der Waals surface area contributed by atoms with Crippen molar-refractivity contribution in [3.8, 4) is 0 Å². The van der Waals surface area contributed by atoms with E-state index in [1.54, 1.807) is 11.3 Å². The molecule has 2 rings (SSSR count). The van der Waals surface area contributed by atoms with Crippen molar-refractivity contribution >= 4 is 11.3 Å². The van der Waals surface area contributed by atoms with Gasteiger partial charge in [0.2, 0.25) is 0 Å². The van der Waals surface area contributed by atoms with Crippen molar-refractivity contribution < 1.29 is 4.74 Å². The monoisotopic (exact) mass is 226 g/mol. The first kappa shape index (κ1) is 11.0. The molecule has 2 heterocycles. The summed E-state index contributed by atoms with van der Waals surface area (Å²) in [5.74, 6) is 0. The number of ether oxygens (including phenoxy) is 1. The van der Waals surface area contributed by atoms with Crippen LogP contribution in [0.4, 0.5) is 0 Å². The molecule has 1 aliphatic rings. The van der Waals surface area contributed by atoms with Crippen LogP contribution in [-0.4, -0.2) is 23.7 Å². The Bertz CT molecular complexity index is 276. The van der Waals surface area contributed by atoms with Gasteiger partial charge in [0.15, 0.2) is 0 Å². The normalized spacial score (nSPS) is 26.7. The van der Waals surface area contributed by atoms with Gasteiger partial charge in [-0.15, -0.1) is 11.3 Å². The quantitative estimate of drug-likeness (QED) is 0.854. The third-order valence-corrected chi connectivity index (χ3v) is 3.63. The molecule has 0 aromatic carbocycles.